The molecular formula is C50H36N2. The van der Waals surface area contributed by atoms with Gasteiger partial charge < -0.3 is 9.13 Å². The molecule has 7 aromatic carbocycles. The van der Waals surface area contributed by atoms with Crippen LogP contribution in [0.15, 0.2) is 164 Å². The first-order valence-corrected chi connectivity index (χ1v) is 18.5. The number of rotatable bonds is 4. The minimum atomic E-state index is 0.942. The van der Waals surface area contributed by atoms with Crippen LogP contribution >= 0.6 is 0 Å². The average molecular weight is 665 g/mol. The van der Waals surface area contributed by atoms with Crippen molar-refractivity contribution in [1.29, 1.82) is 0 Å². The number of para-hydroxylation sites is 1. The van der Waals surface area contributed by atoms with E-state index >= 15 is 0 Å². The van der Waals surface area contributed by atoms with E-state index in [4.69, 9.17) is 0 Å². The van der Waals surface area contributed by atoms with Gasteiger partial charge in [0, 0.05) is 33.2 Å². The topological polar surface area (TPSA) is 9.86 Å². The van der Waals surface area contributed by atoms with Crippen LogP contribution in [0, 0.1) is 0 Å². The Kier molecular flexibility index (Phi) is 6.54. The van der Waals surface area contributed by atoms with Crippen molar-refractivity contribution in [1.82, 2.24) is 9.13 Å². The number of nitrogens with zero attached hydrogens (tertiary/aromatic N) is 2. The molecule has 0 spiro atoms. The SMILES string of the molecule is C1=Cc2c(c3c4c(ccc3n2-c2ccc(-c3ccccc3)cc2)Cc2c(ccc3c2c2ccccc2n3-c2cccc(-c3ccccc3)c2)C4)CC1. The fourth-order valence-electron chi connectivity index (χ4n) is 9.18. The van der Waals surface area contributed by atoms with Gasteiger partial charge in [-0.2, -0.15) is 0 Å². The summed E-state index contributed by atoms with van der Waals surface area (Å²) in [7, 11) is 0. The lowest BCUT2D eigenvalue weighted by atomic mass is 9.81. The van der Waals surface area contributed by atoms with Gasteiger partial charge in [0.2, 0.25) is 0 Å². The number of fused-ring (bicyclic) bond motifs is 10. The molecule has 0 saturated carbocycles. The van der Waals surface area contributed by atoms with Crippen LogP contribution in [0.5, 0.6) is 0 Å². The second-order valence-electron chi connectivity index (χ2n) is 14.4. The first-order valence-electron chi connectivity index (χ1n) is 18.5. The quantitative estimate of drug-likeness (QED) is 0.177. The minimum absolute atomic E-state index is 0.942. The normalized spacial score (nSPS) is 13.4. The largest absolute Gasteiger partial charge is 0.310 e. The highest BCUT2D eigenvalue weighted by Crippen LogP contribution is 2.44. The maximum absolute atomic E-state index is 2.51. The number of aryl methyl sites for hydroxylation is 1. The molecule has 2 heterocycles. The molecule has 0 bridgehead atoms. The van der Waals surface area contributed by atoms with Crippen molar-refractivity contribution in [3.8, 4) is 33.6 Å². The van der Waals surface area contributed by atoms with E-state index < -0.39 is 0 Å². The molecule has 52 heavy (non-hydrogen) atoms. The van der Waals surface area contributed by atoms with Gasteiger partial charge >= 0.3 is 0 Å². The van der Waals surface area contributed by atoms with Gasteiger partial charge in [0.1, 0.15) is 0 Å². The van der Waals surface area contributed by atoms with E-state index in [9.17, 15) is 0 Å². The van der Waals surface area contributed by atoms with Crippen molar-refractivity contribution in [3.05, 3.63) is 197 Å². The summed E-state index contributed by atoms with van der Waals surface area (Å²) >= 11 is 0. The maximum atomic E-state index is 2.51. The lowest BCUT2D eigenvalue weighted by Crippen LogP contribution is -2.09. The summed E-state index contributed by atoms with van der Waals surface area (Å²) < 4.78 is 4.98. The molecule has 0 N–H and O–H groups in total. The molecule has 0 unspecified atom stereocenters. The van der Waals surface area contributed by atoms with Gasteiger partial charge in [0.15, 0.2) is 0 Å². The van der Waals surface area contributed by atoms with Crippen LogP contribution in [0.1, 0.15) is 39.9 Å². The molecule has 2 heteroatoms. The van der Waals surface area contributed by atoms with Gasteiger partial charge in [-0.3, -0.25) is 0 Å². The standard InChI is InChI=1S/C50H36N2/c1-3-12-33(13-4-1)35-22-26-39(27-23-35)51-45-20-9-7-18-41(45)49-43-31-38-25-29-48-50(44(38)32-37(43)24-28-47(49)51)42-19-8-10-21-46(42)52(48)40-17-11-16-36(30-40)34-14-5-2-6-15-34/h1-6,8-17,19-30H,7,18,31-32H2. The van der Waals surface area contributed by atoms with E-state index in [1.54, 1.807) is 0 Å². The molecule has 0 radical (unpaired) electrons. The van der Waals surface area contributed by atoms with Gasteiger partial charge in [-0.05, 0) is 124 Å². The molecule has 11 rings (SSSR count). The fourth-order valence-corrected chi connectivity index (χ4v) is 9.18. The Labute approximate surface area is 303 Å². The molecular weight excluding hydrogens is 629 g/mol. The molecule has 246 valence electrons. The molecule has 2 aromatic heterocycles. The number of aromatic nitrogens is 2. The van der Waals surface area contributed by atoms with Crippen molar-refractivity contribution in [2.75, 3.05) is 0 Å². The molecule has 0 fully saturated rings. The third-order valence-electron chi connectivity index (χ3n) is 11.5. The van der Waals surface area contributed by atoms with Crippen molar-refractivity contribution >= 4 is 38.8 Å². The Morgan fingerprint density at radius 2 is 1.02 bits per heavy atom. The smallest absolute Gasteiger partial charge is 0.0544 e. The number of hydrogen-bond donors (Lipinski definition) is 0. The number of allylic oxidation sites excluding steroid dienone is 1. The van der Waals surface area contributed by atoms with Crippen LogP contribution < -0.4 is 0 Å². The van der Waals surface area contributed by atoms with E-state index in [0.29, 0.717) is 0 Å². The Morgan fingerprint density at radius 3 is 1.77 bits per heavy atom. The van der Waals surface area contributed by atoms with E-state index in [0.717, 1.165) is 25.7 Å². The number of hydrogen-bond acceptors (Lipinski definition) is 0. The molecule has 0 atom stereocenters. The predicted octanol–water partition coefficient (Wildman–Crippen LogP) is 12.5. The zero-order valence-electron chi connectivity index (χ0n) is 28.9. The summed E-state index contributed by atoms with van der Waals surface area (Å²) in [6.07, 6.45) is 8.77. The molecule has 0 amide bonds. The third-order valence-corrected chi connectivity index (χ3v) is 11.5. The van der Waals surface area contributed by atoms with Crippen molar-refractivity contribution in [3.63, 3.8) is 0 Å². The minimum Gasteiger partial charge on any atom is -0.310 e. The summed E-state index contributed by atoms with van der Waals surface area (Å²) in [5.41, 5.74) is 20.0. The summed E-state index contributed by atoms with van der Waals surface area (Å²) in [5.74, 6) is 0. The van der Waals surface area contributed by atoms with Crippen LogP contribution in [-0.2, 0) is 19.3 Å². The molecule has 0 aliphatic heterocycles. The second kappa shape index (κ2) is 11.6. The monoisotopic (exact) mass is 664 g/mol. The number of benzene rings is 7. The van der Waals surface area contributed by atoms with Crippen LogP contribution in [-0.4, -0.2) is 9.13 Å². The van der Waals surface area contributed by atoms with E-state index in [-0.39, 0.29) is 0 Å². The Hall–Kier alpha value is -6.38. The zero-order chi connectivity index (χ0) is 34.2. The molecule has 2 nitrogen and oxygen atoms in total. The van der Waals surface area contributed by atoms with E-state index in [1.807, 2.05) is 0 Å². The fraction of sp³-hybridized carbons (Fsp3) is 0.0800. The van der Waals surface area contributed by atoms with Crippen molar-refractivity contribution < 1.29 is 0 Å². The van der Waals surface area contributed by atoms with Crippen LogP contribution in [0.25, 0.3) is 72.4 Å². The highest BCUT2D eigenvalue weighted by molar-refractivity contribution is 6.12. The maximum Gasteiger partial charge on any atom is 0.0544 e. The summed E-state index contributed by atoms with van der Waals surface area (Å²) in [6.45, 7) is 0. The predicted molar refractivity (Wildman–Crippen MR) is 218 cm³/mol. The van der Waals surface area contributed by atoms with Crippen molar-refractivity contribution in [2.45, 2.75) is 25.7 Å². The third kappa shape index (κ3) is 4.44. The Bertz CT molecular complexity index is 2870. The van der Waals surface area contributed by atoms with E-state index in [1.165, 1.54) is 99.8 Å². The van der Waals surface area contributed by atoms with Gasteiger partial charge in [-0.1, -0.05) is 121 Å². The summed E-state index contributed by atoms with van der Waals surface area (Å²) in [5, 5.41) is 4.19. The van der Waals surface area contributed by atoms with Gasteiger partial charge in [0.05, 0.1) is 16.6 Å². The average Bonchev–Trinajstić information content (AvgIpc) is 3.74. The second-order valence-corrected chi connectivity index (χ2v) is 14.4. The molecule has 0 saturated heterocycles. The molecule has 9 aromatic rings. The van der Waals surface area contributed by atoms with Gasteiger partial charge in [-0.15, -0.1) is 0 Å². The summed E-state index contributed by atoms with van der Waals surface area (Å²) in [6, 6.07) is 58.1. The highest BCUT2D eigenvalue weighted by atomic mass is 15.0. The van der Waals surface area contributed by atoms with Crippen molar-refractivity contribution in [2.24, 2.45) is 0 Å². The van der Waals surface area contributed by atoms with Crippen LogP contribution in [0.4, 0.5) is 0 Å². The van der Waals surface area contributed by atoms with Gasteiger partial charge in [0.25, 0.3) is 0 Å². The highest BCUT2D eigenvalue weighted by Gasteiger charge is 2.27. The summed E-state index contributed by atoms with van der Waals surface area (Å²) in [4.78, 5) is 0. The Balaban J connectivity index is 1.06. The van der Waals surface area contributed by atoms with E-state index in [2.05, 4.69) is 179 Å². The molecule has 2 aliphatic carbocycles. The lowest BCUT2D eigenvalue weighted by Gasteiger charge is -2.23. The Morgan fingerprint density at radius 1 is 0.404 bits per heavy atom. The first kappa shape index (κ1) is 29.4. The van der Waals surface area contributed by atoms with Crippen LogP contribution in [0.3, 0.4) is 0 Å². The molecule has 2 aliphatic rings. The lowest BCUT2D eigenvalue weighted by molar-refractivity contribution is 0.965. The van der Waals surface area contributed by atoms with Gasteiger partial charge in [-0.25, -0.2) is 0 Å². The van der Waals surface area contributed by atoms with Crippen LogP contribution in [0.2, 0.25) is 0 Å². The zero-order valence-corrected chi connectivity index (χ0v) is 28.9. The first-order chi connectivity index (χ1) is 25.8.